The maximum absolute atomic E-state index is 13.4. The molecule has 206 valence electrons. The first-order valence-corrected chi connectivity index (χ1v) is 13.7. The van der Waals surface area contributed by atoms with Crippen molar-refractivity contribution in [2.75, 3.05) is 40.4 Å². The summed E-state index contributed by atoms with van der Waals surface area (Å²) >= 11 is 0. The Balaban J connectivity index is 1.98. The van der Waals surface area contributed by atoms with Gasteiger partial charge in [0.1, 0.15) is 5.76 Å². The molecule has 1 aliphatic heterocycles. The predicted octanol–water partition coefficient (Wildman–Crippen LogP) is 5.73. The number of ether oxygens (including phenoxy) is 2. The summed E-state index contributed by atoms with van der Waals surface area (Å²) in [6, 6.07) is 11.9. The average Bonchev–Trinajstić information content (AvgIpc) is 3.18. The van der Waals surface area contributed by atoms with Crippen molar-refractivity contribution in [3.8, 4) is 11.5 Å². The molecule has 38 heavy (non-hydrogen) atoms. The molecule has 1 unspecified atom stereocenters. The number of likely N-dealkylation sites (tertiary alicyclic amines) is 1. The van der Waals surface area contributed by atoms with Crippen LogP contribution in [0.1, 0.15) is 68.7 Å². The molecule has 1 aliphatic rings. The van der Waals surface area contributed by atoms with Gasteiger partial charge in [-0.1, -0.05) is 62.6 Å². The van der Waals surface area contributed by atoms with E-state index in [4.69, 9.17) is 9.47 Å². The van der Waals surface area contributed by atoms with Crippen molar-refractivity contribution >= 4 is 17.4 Å². The molecule has 0 spiro atoms. The van der Waals surface area contributed by atoms with Gasteiger partial charge in [0, 0.05) is 12.1 Å². The van der Waals surface area contributed by atoms with E-state index in [0.29, 0.717) is 29.2 Å². The lowest BCUT2D eigenvalue weighted by atomic mass is 9.94. The van der Waals surface area contributed by atoms with Gasteiger partial charge in [0.25, 0.3) is 11.7 Å². The molecule has 2 aromatic carbocycles. The molecule has 1 atom stereocenters. The van der Waals surface area contributed by atoms with Crippen LogP contribution in [-0.4, -0.2) is 67.0 Å². The van der Waals surface area contributed by atoms with Gasteiger partial charge in [0.2, 0.25) is 0 Å². The summed E-state index contributed by atoms with van der Waals surface area (Å²) < 4.78 is 10.9. The van der Waals surface area contributed by atoms with Crippen molar-refractivity contribution < 1.29 is 24.2 Å². The highest BCUT2D eigenvalue weighted by Gasteiger charge is 2.46. The minimum absolute atomic E-state index is 0.0971. The zero-order chi connectivity index (χ0) is 27.7. The smallest absolute Gasteiger partial charge is 0.295 e. The fourth-order valence-electron chi connectivity index (χ4n) is 4.91. The number of ketones is 1. The highest BCUT2D eigenvalue weighted by molar-refractivity contribution is 6.46. The van der Waals surface area contributed by atoms with E-state index in [9.17, 15) is 14.7 Å². The second-order valence-corrected chi connectivity index (χ2v) is 9.88. The van der Waals surface area contributed by atoms with Crippen LogP contribution in [0, 0.1) is 6.92 Å². The standard InChI is InChI=1S/C31H42N2O5/c1-6-8-17-32(18-9-7-2)19-10-20-33-28(24-15-16-25(37-4)26(21-24)38-5)27(30(35)31(33)36)29(34)23-13-11-22(3)12-14-23/h11-16,21,28,34H,6-10,17-20H2,1-5H3/b29-27-. The Morgan fingerprint density at radius 2 is 1.50 bits per heavy atom. The molecule has 1 N–H and O–H groups in total. The first-order chi connectivity index (χ1) is 18.4. The number of benzene rings is 2. The summed E-state index contributed by atoms with van der Waals surface area (Å²) in [6.45, 7) is 9.65. The lowest BCUT2D eigenvalue weighted by Crippen LogP contribution is -2.34. The van der Waals surface area contributed by atoms with Crippen LogP contribution in [0.15, 0.2) is 48.0 Å². The number of amides is 1. The molecule has 0 bridgehead atoms. The van der Waals surface area contributed by atoms with Gasteiger partial charge in [-0.05, 0) is 63.5 Å². The minimum atomic E-state index is -0.726. The Kier molecular flexibility index (Phi) is 10.8. The monoisotopic (exact) mass is 522 g/mol. The average molecular weight is 523 g/mol. The largest absolute Gasteiger partial charge is 0.507 e. The molecule has 1 fully saturated rings. The van der Waals surface area contributed by atoms with Crippen LogP contribution < -0.4 is 9.47 Å². The second kappa shape index (κ2) is 14.0. The van der Waals surface area contributed by atoms with Crippen molar-refractivity contribution in [3.05, 3.63) is 64.7 Å². The molecule has 0 saturated carbocycles. The zero-order valence-corrected chi connectivity index (χ0v) is 23.5. The van der Waals surface area contributed by atoms with Crippen molar-refractivity contribution in [2.45, 2.75) is 58.9 Å². The molecular weight excluding hydrogens is 480 g/mol. The molecule has 3 rings (SSSR count). The molecular formula is C31H42N2O5. The Morgan fingerprint density at radius 1 is 0.895 bits per heavy atom. The summed E-state index contributed by atoms with van der Waals surface area (Å²) in [5.41, 5.74) is 2.32. The summed E-state index contributed by atoms with van der Waals surface area (Å²) in [5.74, 6) is -0.382. The van der Waals surface area contributed by atoms with E-state index in [1.54, 1.807) is 43.4 Å². The number of carbonyl (C=O) groups is 2. The van der Waals surface area contributed by atoms with Gasteiger partial charge < -0.3 is 24.4 Å². The molecule has 0 aliphatic carbocycles. The first-order valence-electron chi connectivity index (χ1n) is 13.7. The number of aliphatic hydroxyl groups excluding tert-OH is 1. The number of aryl methyl sites for hydroxylation is 1. The summed E-state index contributed by atoms with van der Waals surface area (Å²) in [4.78, 5) is 30.8. The second-order valence-electron chi connectivity index (χ2n) is 9.88. The number of carbonyl (C=O) groups excluding carboxylic acids is 2. The van der Waals surface area contributed by atoms with Gasteiger partial charge in [-0.15, -0.1) is 0 Å². The fraction of sp³-hybridized carbons (Fsp3) is 0.484. The van der Waals surface area contributed by atoms with Crippen LogP contribution in [0.3, 0.4) is 0 Å². The summed E-state index contributed by atoms with van der Waals surface area (Å²) in [7, 11) is 3.11. The third-order valence-corrected chi connectivity index (χ3v) is 7.12. The van der Waals surface area contributed by atoms with Crippen molar-refractivity contribution in [1.29, 1.82) is 0 Å². The summed E-state index contributed by atoms with van der Waals surface area (Å²) in [6.07, 6.45) is 5.27. The van der Waals surface area contributed by atoms with Crippen molar-refractivity contribution in [1.82, 2.24) is 9.80 Å². The molecule has 7 heteroatoms. The van der Waals surface area contributed by atoms with E-state index in [1.165, 1.54) is 0 Å². The SMILES string of the molecule is CCCCN(CCCC)CCCN1C(=O)C(=O)/C(=C(\O)c2ccc(C)cc2)C1c1ccc(OC)c(OC)c1. The molecule has 1 saturated heterocycles. The number of hydrogen-bond donors (Lipinski definition) is 1. The minimum Gasteiger partial charge on any atom is -0.507 e. The highest BCUT2D eigenvalue weighted by Crippen LogP contribution is 2.42. The lowest BCUT2D eigenvalue weighted by Gasteiger charge is -2.28. The molecule has 0 aromatic heterocycles. The Morgan fingerprint density at radius 3 is 2.08 bits per heavy atom. The van der Waals surface area contributed by atoms with E-state index in [1.807, 2.05) is 25.1 Å². The predicted molar refractivity (Wildman–Crippen MR) is 151 cm³/mol. The van der Waals surface area contributed by atoms with Crippen molar-refractivity contribution in [2.24, 2.45) is 0 Å². The van der Waals surface area contributed by atoms with Gasteiger partial charge in [-0.2, -0.15) is 0 Å². The van der Waals surface area contributed by atoms with Gasteiger partial charge in [-0.25, -0.2) is 0 Å². The number of unbranched alkanes of at least 4 members (excludes halogenated alkanes) is 2. The van der Waals surface area contributed by atoms with Gasteiger partial charge in [-0.3, -0.25) is 9.59 Å². The van der Waals surface area contributed by atoms with Crippen LogP contribution in [0.2, 0.25) is 0 Å². The van der Waals surface area contributed by atoms with Gasteiger partial charge >= 0.3 is 0 Å². The lowest BCUT2D eigenvalue weighted by molar-refractivity contribution is -0.140. The van der Waals surface area contributed by atoms with Crippen LogP contribution in [0.5, 0.6) is 11.5 Å². The Hall–Kier alpha value is -3.32. The van der Waals surface area contributed by atoms with Crippen LogP contribution in [0.4, 0.5) is 0 Å². The maximum atomic E-state index is 13.4. The quantitative estimate of drug-likeness (QED) is 0.194. The van der Waals surface area contributed by atoms with E-state index in [0.717, 1.165) is 57.3 Å². The number of methoxy groups -OCH3 is 2. The number of hydrogen-bond acceptors (Lipinski definition) is 6. The number of aliphatic hydroxyl groups is 1. The molecule has 1 amide bonds. The van der Waals surface area contributed by atoms with E-state index < -0.39 is 17.7 Å². The maximum Gasteiger partial charge on any atom is 0.295 e. The third-order valence-electron chi connectivity index (χ3n) is 7.12. The molecule has 2 aromatic rings. The zero-order valence-electron chi connectivity index (χ0n) is 23.5. The van der Waals surface area contributed by atoms with Crippen LogP contribution >= 0.6 is 0 Å². The molecule has 0 radical (unpaired) electrons. The molecule has 1 heterocycles. The third kappa shape index (κ3) is 6.76. The number of rotatable bonds is 14. The van der Waals surface area contributed by atoms with Crippen LogP contribution in [0.25, 0.3) is 5.76 Å². The topological polar surface area (TPSA) is 79.3 Å². The Labute approximate surface area is 227 Å². The fourth-order valence-corrected chi connectivity index (χ4v) is 4.91. The number of nitrogens with zero attached hydrogens (tertiary/aromatic N) is 2. The van der Waals surface area contributed by atoms with Crippen LogP contribution in [-0.2, 0) is 9.59 Å². The number of Topliss-reactive ketones (excluding diaryl/α,β-unsaturated/α-hetero) is 1. The summed E-state index contributed by atoms with van der Waals surface area (Å²) in [5, 5.41) is 11.3. The first kappa shape index (κ1) is 29.2. The highest BCUT2D eigenvalue weighted by atomic mass is 16.5. The van der Waals surface area contributed by atoms with E-state index in [-0.39, 0.29) is 11.3 Å². The van der Waals surface area contributed by atoms with E-state index in [2.05, 4.69) is 18.7 Å². The van der Waals surface area contributed by atoms with Crippen molar-refractivity contribution in [3.63, 3.8) is 0 Å². The molecule has 7 nitrogen and oxygen atoms in total. The Bertz CT molecular complexity index is 1120. The van der Waals surface area contributed by atoms with E-state index >= 15 is 0 Å². The normalized spacial score (nSPS) is 16.9. The van der Waals surface area contributed by atoms with Gasteiger partial charge in [0.15, 0.2) is 11.5 Å². The van der Waals surface area contributed by atoms with Gasteiger partial charge in [0.05, 0.1) is 25.8 Å².